The van der Waals surface area contributed by atoms with Crippen LogP contribution in [0.2, 0.25) is 0 Å². The molecule has 1 amide bonds. The fourth-order valence-corrected chi connectivity index (χ4v) is 8.67. The molecule has 0 aliphatic heterocycles. The number of phosphoric ester groups is 1. The predicted octanol–water partition coefficient (Wildman–Crippen LogP) is 18.0. The van der Waals surface area contributed by atoms with Gasteiger partial charge < -0.3 is 19.4 Å². The molecule has 0 rings (SSSR count). The zero-order valence-corrected chi connectivity index (χ0v) is 48.7. The number of nitrogens with zero attached hydrogens (tertiary/aromatic N) is 1. The Labute approximate surface area is 449 Å². The molecule has 3 atom stereocenters. The number of allylic oxidation sites excluding steroid dienone is 15. The van der Waals surface area contributed by atoms with Crippen molar-refractivity contribution in [2.24, 2.45) is 0 Å². The van der Waals surface area contributed by atoms with Gasteiger partial charge >= 0.3 is 13.8 Å². The molecule has 2 N–H and O–H groups in total. The Morgan fingerprint density at radius 1 is 0.493 bits per heavy atom. The third kappa shape index (κ3) is 53.6. The largest absolute Gasteiger partial charge is 0.472 e. The third-order valence-corrected chi connectivity index (χ3v) is 13.5. The molecule has 0 aromatic carbocycles. The minimum atomic E-state index is -4.46. The number of unbranched alkanes of at least 4 members (excludes halogenated alkanes) is 22. The lowest BCUT2D eigenvalue weighted by Crippen LogP contribution is -2.47. The first-order valence-electron chi connectivity index (χ1n) is 29.6. The smallest absolute Gasteiger partial charge is 0.456 e. The molecular weight excluding hydrogens is 928 g/mol. The van der Waals surface area contributed by atoms with E-state index in [1.54, 1.807) is 0 Å². The van der Waals surface area contributed by atoms with E-state index in [1.165, 1.54) is 77.0 Å². The van der Waals surface area contributed by atoms with E-state index in [-0.39, 0.29) is 31.5 Å². The molecule has 0 aliphatic rings. The van der Waals surface area contributed by atoms with Gasteiger partial charge in [0, 0.05) is 12.8 Å². The fraction of sp³-hybridized carbons (Fsp3) is 0.714. The third-order valence-electron chi connectivity index (χ3n) is 12.5. The van der Waals surface area contributed by atoms with Gasteiger partial charge in [-0.1, -0.05) is 215 Å². The van der Waals surface area contributed by atoms with Crippen molar-refractivity contribution in [3.63, 3.8) is 0 Å². The maximum absolute atomic E-state index is 13.5. The van der Waals surface area contributed by atoms with E-state index in [0.29, 0.717) is 30.3 Å². The summed E-state index contributed by atoms with van der Waals surface area (Å²) in [4.78, 5) is 37.6. The van der Waals surface area contributed by atoms with Crippen molar-refractivity contribution in [2.75, 3.05) is 40.9 Å². The van der Waals surface area contributed by atoms with Crippen molar-refractivity contribution >= 4 is 19.7 Å². The molecule has 0 fully saturated rings. The molecule has 0 spiro atoms. The predicted molar refractivity (Wildman–Crippen MR) is 314 cm³/mol. The SMILES string of the molecule is CC/C=C/C/C=C/C/C=C/CCCCCCC(=O)NC(COP(=O)(O)OCC[N+](C)(C)C)C(/C=C\CCCCCCCCCCCC)OC(=O)CCCCCCC/C=C\C/C=C\C/C=C\C/C=C\CCCCC. The van der Waals surface area contributed by atoms with E-state index in [1.807, 2.05) is 33.3 Å². The molecule has 0 radical (unpaired) electrons. The Bertz CT molecular complexity index is 1570. The minimum Gasteiger partial charge on any atom is -0.456 e. The number of esters is 1. The zero-order valence-electron chi connectivity index (χ0n) is 47.8. The van der Waals surface area contributed by atoms with Crippen LogP contribution in [-0.2, 0) is 27.9 Å². The molecule has 10 heteroatoms. The summed E-state index contributed by atoms with van der Waals surface area (Å²) >= 11 is 0. The number of carbonyl (C=O) groups is 2. The molecular formula is C63H112N2O7P+. The van der Waals surface area contributed by atoms with Crippen molar-refractivity contribution in [1.29, 1.82) is 0 Å². The van der Waals surface area contributed by atoms with Gasteiger partial charge in [-0.3, -0.25) is 18.6 Å². The van der Waals surface area contributed by atoms with Crippen LogP contribution >= 0.6 is 7.82 Å². The molecule has 9 nitrogen and oxygen atoms in total. The highest BCUT2D eigenvalue weighted by Crippen LogP contribution is 2.43. The van der Waals surface area contributed by atoms with Gasteiger partial charge in [0.25, 0.3) is 0 Å². The number of hydrogen-bond donors (Lipinski definition) is 2. The Kier molecular flexibility index (Phi) is 50.2. The van der Waals surface area contributed by atoms with Gasteiger partial charge in [0.05, 0.1) is 33.8 Å². The van der Waals surface area contributed by atoms with Crippen LogP contribution in [0, 0.1) is 0 Å². The first-order chi connectivity index (χ1) is 35.4. The zero-order chi connectivity index (χ0) is 53.6. The van der Waals surface area contributed by atoms with Crippen molar-refractivity contribution in [2.45, 2.75) is 251 Å². The summed E-state index contributed by atoms with van der Waals surface area (Å²) in [6.45, 7) is 6.82. The summed E-state index contributed by atoms with van der Waals surface area (Å²) in [5.41, 5.74) is 0. The van der Waals surface area contributed by atoms with Crippen molar-refractivity contribution in [3.05, 3.63) is 97.2 Å². The molecule has 0 aromatic rings. The average molecular weight is 1040 g/mol. The quantitative estimate of drug-likeness (QED) is 0.0205. The molecule has 73 heavy (non-hydrogen) atoms. The van der Waals surface area contributed by atoms with Crippen LogP contribution in [0.3, 0.4) is 0 Å². The number of phosphoric acid groups is 1. The molecule has 3 unspecified atom stereocenters. The van der Waals surface area contributed by atoms with Crippen molar-refractivity contribution in [3.8, 4) is 0 Å². The second kappa shape index (κ2) is 52.4. The Morgan fingerprint density at radius 2 is 0.877 bits per heavy atom. The number of ether oxygens (including phenoxy) is 1. The standard InChI is InChI=1S/C63H111N2O7P/c1-7-10-13-16-19-22-25-28-30-31-32-33-34-35-36-38-41-44-47-50-53-56-63(67)72-61(54-51-48-45-42-39-27-24-21-18-15-12-9-3)60(59-71-73(68,69)70-58-57-65(4,5)6)64-62(66)55-52-49-46-43-40-37-29-26-23-20-17-14-11-8-2/h11,14,19-20,22-23,28-30,32-33,35-37,51,54,60-61H,7-10,12-13,15-18,21,24-27,31,34,38-50,52-53,55-59H2,1-6H3,(H-,64,66,68,69)/p+1/b14-11+,22-19-,23-20+,30-28-,33-32-,36-35-,37-29+,54-51-. The van der Waals surface area contributed by atoms with Crippen LogP contribution in [-0.4, -0.2) is 74.3 Å². The van der Waals surface area contributed by atoms with Gasteiger partial charge in [-0.05, 0) is 109 Å². The highest BCUT2D eigenvalue weighted by atomic mass is 31.2. The summed E-state index contributed by atoms with van der Waals surface area (Å²) in [6, 6.07) is -0.873. The summed E-state index contributed by atoms with van der Waals surface area (Å²) in [5.74, 6) is -0.558. The van der Waals surface area contributed by atoms with Crippen molar-refractivity contribution < 1.29 is 37.3 Å². The summed E-state index contributed by atoms with van der Waals surface area (Å²) < 4.78 is 30.6. The maximum Gasteiger partial charge on any atom is 0.472 e. The molecule has 0 saturated heterocycles. The Morgan fingerprint density at radius 3 is 1.34 bits per heavy atom. The molecule has 420 valence electrons. The second-order valence-corrected chi connectivity index (χ2v) is 22.2. The highest BCUT2D eigenvalue weighted by Gasteiger charge is 2.30. The van der Waals surface area contributed by atoms with E-state index in [9.17, 15) is 19.0 Å². The van der Waals surface area contributed by atoms with Gasteiger partial charge in [0.2, 0.25) is 5.91 Å². The molecule has 0 bridgehead atoms. The monoisotopic (exact) mass is 1040 g/mol. The lowest BCUT2D eigenvalue weighted by atomic mass is 10.0. The summed E-state index contributed by atoms with van der Waals surface area (Å²) in [7, 11) is 1.46. The lowest BCUT2D eigenvalue weighted by molar-refractivity contribution is -0.870. The van der Waals surface area contributed by atoms with Gasteiger partial charge in [-0.25, -0.2) is 4.57 Å². The normalized spacial score (nSPS) is 14.5. The first-order valence-corrected chi connectivity index (χ1v) is 31.1. The number of rotatable bonds is 52. The summed E-state index contributed by atoms with van der Waals surface area (Å²) in [6.07, 6.45) is 69.7. The van der Waals surface area contributed by atoms with Crippen LogP contribution in [0.25, 0.3) is 0 Å². The van der Waals surface area contributed by atoms with Crippen LogP contribution in [0.1, 0.15) is 239 Å². The van der Waals surface area contributed by atoms with Gasteiger partial charge in [-0.2, -0.15) is 0 Å². The van der Waals surface area contributed by atoms with Crippen LogP contribution in [0.4, 0.5) is 0 Å². The first kappa shape index (κ1) is 69.9. The fourth-order valence-electron chi connectivity index (χ4n) is 7.94. The van der Waals surface area contributed by atoms with E-state index >= 15 is 0 Å². The molecule has 0 aromatic heterocycles. The number of carbonyl (C=O) groups excluding carboxylic acids is 2. The van der Waals surface area contributed by atoms with E-state index in [4.69, 9.17) is 13.8 Å². The van der Waals surface area contributed by atoms with E-state index < -0.39 is 20.0 Å². The molecule has 0 heterocycles. The molecule has 0 aliphatic carbocycles. The Hall–Kier alpha value is -3.07. The van der Waals surface area contributed by atoms with Crippen LogP contribution < -0.4 is 5.32 Å². The van der Waals surface area contributed by atoms with Crippen LogP contribution in [0.15, 0.2) is 97.2 Å². The number of amides is 1. The number of quaternary nitrogens is 1. The lowest BCUT2D eigenvalue weighted by Gasteiger charge is -2.27. The van der Waals surface area contributed by atoms with Crippen LogP contribution in [0.5, 0.6) is 0 Å². The highest BCUT2D eigenvalue weighted by molar-refractivity contribution is 7.47. The number of likely N-dealkylation sites (N-methyl/N-ethyl adjacent to an activating group) is 1. The van der Waals surface area contributed by atoms with Crippen molar-refractivity contribution in [1.82, 2.24) is 5.32 Å². The topological polar surface area (TPSA) is 111 Å². The summed E-state index contributed by atoms with van der Waals surface area (Å²) in [5, 5.41) is 3.03. The maximum atomic E-state index is 13.5. The Balaban J connectivity index is 5.36. The van der Waals surface area contributed by atoms with E-state index in [0.717, 1.165) is 116 Å². The minimum absolute atomic E-state index is 0.0276. The van der Waals surface area contributed by atoms with Gasteiger partial charge in [-0.15, -0.1) is 0 Å². The molecule has 0 saturated carbocycles. The second-order valence-electron chi connectivity index (χ2n) is 20.8. The van der Waals surface area contributed by atoms with E-state index in [2.05, 4.69) is 111 Å². The average Bonchev–Trinajstić information content (AvgIpc) is 3.35. The number of hydrogen-bond acceptors (Lipinski definition) is 6. The van der Waals surface area contributed by atoms with Gasteiger partial charge in [0.1, 0.15) is 19.3 Å². The van der Waals surface area contributed by atoms with Gasteiger partial charge in [0.15, 0.2) is 0 Å². The number of nitrogens with one attached hydrogen (secondary N) is 1.